The lowest BCUT2D eigenvalue weighted by atomic mass is 9.70. The number of nitrogens with zero attached hydrogens (tertiary/aromatic N) is 1. The monoisotopic (exact) mass is 301 g/mol. The van der Waals surface area contributed by atoms with Gasteiger partial charge in [0.2, 0.25) is 0 Å². The van der Waals surface area contributed by atoms with Gasteiger partial charge in [0, 0.05) is 11.6 Å². The number of carbonyl (C=O) groups excluding carboxylic acids is 2. The minimum Gasteiger partial charge on any atom is -0.467 e. The lowest BCUT2D eigenvalue weighted by Gasteiger charge is -2.54. The number of esters is 1. The molecule has 22 heavy (non-hydrogen) atoms. The highest BCUT2D eigenvalue weighted by Gasteiger charge is 2.55. The van der Waals surface area contributed by atoms with Gasteiger partial charge in [0.15, 0.2) is 0 Å². The lowest BCUT2D eigenvalue weighted by Crippen LogP contribution is -2.66. The third-order valence-electron chi connectivity index (χ3n) is 5.12. The first-order chi connectivity index (χ1) is 10.6. The van der Waals surface area contributed by atoms with Gasteiger partial charge in [-0.25, -0.2) is 4.79 Å². The third-order valence-corrected chi connectivity index (χ3v) is 5.12. The molecule has 2 fully saturated rings. The number of ether oxygens (including phenoxy) is 1. The van der Waals surface area contributed by atoms with Crippen LogP contribution in [-0.2, 0) is 9.53 Å². The molecule has 4 heteroatoms. The fourth-order valence-corrected chi connectivity index (χ4v) is 4.33. The first-order valence-electron chi connectivity index (χ1n) is 8.05. The van der Waals surface area contributed by atoms with Crippen LogP contribution in [0.5, 0.6) is 0 Å². The van der Waals surface area contributed by atoms with Gasteiger partial charge >= 0.3 is 5.97 Å². The Morgan fingerprint density at radius 1 is 1.27 bits per heavy atom. The van der Waals surface area contributed by atoms with E-state index in [4.69, 9.17) is 4.74 Å². The maximum atomic E-state index is 13.1. The number of carbonyl (C=O) groups is 2. The highest BCUT2D eigenvalue weighted by molar-refractivity contribution is 5.98. The molecule has 1 aromatic carbocycles. The molecule has 0 unspecified atom stereocenters. The SMILES string of the molecule is COC(=O)[C@@]12CCC[C@@H](C[C@H](C)C1)N2C(=O)c1ccccc1. The van der Waals surface area contributed by atoms with Gasteiger partial charge in [-0.1, -0.05) is 25.1 Å². The summed E-state index contributed by atoms with van der Waals surface area (Å²) in [5.41, 5.74) is -0.125. The first-order valence-corrected chi connectivity index (χ1v) is 8.05. The topological polar surface area (TPSA) is 46.6 Å². The Bertz CT molecular complexity index is 571. The van der Waals surface area contributed by atoms with E-state index in [1.54, 1.807) is 0 Å². The van der Waals surface area contributed by atoms with Crippen LogP contribution in [0.2, 0.25) is 0 Å². The Kier molecular flexibility index (Phi) is 3.94. The van der Waals surface area contributed by atoms with Crippen LogP contribution in [0, 0.1) is 5.92 Å². The molecule has 0 saturated carbocycles. The molecular formula is C18H23NO3. The van der Waals surface area contributed by atoms with Crippen molar-refractivity contribution in [3.8, 4) is 0 Å². The molecule has 3 atom stereocenters. The van der Waals surface area contributed by atoms with E-state index < -0.39 is 5.54 Å². The van der Waals surface area contributed by atoms with Crippen LogP contribution in [0.1, 0.15) is 49.4 Å². The zero-order valence-corrected chi connectivity index (χ0v) is 13.2. The van der Waals surface area contributed by atoms with E-state index in [0.29, 0.717) is 24.3 Å². The summed E-state index contributed by atoms with van der Waals surface area (Å²) in [4.78, 5) is 27.5. The second-order valence-electron chi connectivity index (χ2n) is 6.66. The number of benzene rings is 1. The van der Waals surface area contributed by atoms with Crippen molar-refractivity contribution < 1.29 is 14.3 Å². The summed E-state index contributed by atoms with van der Waals surface area (Å²) in [6.07, 6.45) is 4.33. The molecule has 2 bridgehead atoms. The quantitative estimate of drug-likeness (QED) is 0.789. The van der Waals surface area contributed by atoms with Gasteiger partial charge < -0.3 is 9.64 Å². The summed E-state index contributed by atoms with van der Waals surface area (Å²) < 4.78 is 5.10. The molecule has 2 aliphatic heterocycles. The molecule has 3 rings (SSSR count). The Hall–Kier alpha value is -1.84. The van der Waals surface area contributed by atoms with Crippen molar-refractivity contribution in [3.63, 3.8) is 0 Å². The van der Waals surface area contributed by atoms with Crippen LogP contribution in [-0.4, -0.2) is 35.5 Å². The van der Waals surface area contributed by atoms with Gasteiger partial charge in [-0.05, 0) is 50.2 Å². The Morgan fingerprint density at radius 2 is 2.00 bits per heavy atom. The smallest absolute Gasteiger partial charge is 0.331 e. The molecule has 1 aromatic rings. The molecule has 0 N–H and O–H groups in total. The summed E-state index contributed by atoms with van der Waals surface area (Å²) in [6.45, 7) is 2.17. The molecule has 4 nitrogen and oxygen atoms in total. The van der Waals surface area contributed by atoms with Crippen molar-refractivity contribution in [2.24, 2.45) is 5.92 Å². The maximum Gasteiger partial charge on any atom is 0.331 e. The summed E-state index contributed by atoms with van der Waals surface area (Å²) >= 11 is 0. The Morgan fingerprint density at radius 3 is 2.68 bits per heavy atom. The Labute approximate surface area is 131 Å². The number of methoxy groups -OCH3 is 1. The molecule has 118 valence electrons. The fourth-order valence-electron chi connectivity index (χ4n) is 4.33. The summed E-state index contributed by atoms with van der Waals surface area (Å²) in [5, 5.41) is 0. The molecule has 2 saturated heterocycles. The number of fused-ring (bicyclic) bond motifs is 2. The molecule has 2 aliphatic rings. The van der Waals surface area contributed by atoms with Crippen molar-refractivity contribution in [1.29, 1.82) is 0 Å². The van der Waals surface area contributed by atoms with Crippen LogP contribution in [0.15, 0.2) is 30.3 Å². The fraction of sp³-hybridized carbons (Fsp3) is 0.556. The van der Waals surface area contributed by atoms with E-state index in [0.717, 1.165) is 19.3 Å². The molecule has 1 amide bonds. The summed E-state index contributed by atoms with van der Waals surface area (Å²) in [6, 6.07) is 9.40. The molecule has 0 aliphatic carbocycles. The van der Waals surface area contributed by atoms with E-state index in [1.807, 2.05) is 35.2 Å². The van der Waals surface area contributed by atoms with Crippen LogP contribution in [0.25, 0.3) is 0 Å². The highest BCUT2D eigenvalue weighted by atomic mass is 16.5. The predicted octanol–water partition coefficient (Wildman–Crippen LogP) is 3.02. The average molecular weight is 301 g/mol. The maximum absolute atomic E-state index is 13.1. The average Bonchev–Trinajstić information content (AvgIpc) is 2.53. The van der Waals surface area contributed by atoms with E-state index in [2.05, 4.69) is 6.92 Å². The van der Waals surface area contributed by atoms with E-state index in [-0.39, 0.29) is 17.9 Å². The molecule has 0 aromatic heterocycles. The molecule has 2 heterocycles. The molecular weight excluding hydrogens is 278 g/mol. The van der Waals surface area contributed by atoms with Gasteiger partial charge in [-0.2, -0.15) is 0 Å². The number of rotatable bonds is 2. The molecule has 0 spiro atoms. The van der Waals surface area contributed by atoms with Crippen molar-refractivity contribution in [3.05, 3.63) is 35.9 Å². The van der Waals surface area contributed by atoms with Gasteiger partial charge in [0.05, 0.1) is 7.11 Å². The van der Waals surface area contributed by atoms with Crippen molar-refractivity contribution >= 4 is 11.9 Å². The van der Waals surface area contributed by atoms with E-state index >= 15 is 0 Å². The lowest BCUT2D eigenvalue weighted by molar-refractivity contribution is -0.163. The number of amides is 1. The summed E-state index contributed by atoms with van der Waals surface area (Å²) in [7, 11) is 1.42. The van der Waals surface area contributed by atoms with Crippen molar-refractivity contribution in [2.75, 3.05) is 7.11 Å². The van der Waals surface area contributed by atoms with Crippen LogP contribution < -0.4 is 0 Å². The summed E-state index contributed by atoms with van der Waals surface area (Å²) in [5.74, 6) is 0.139. The van der Waals surface area contributed by atoms with Crippen LogP contribution in [0.3, 0.4) is 0 Å². The molecule has 0 radical (unpaired) electrons. The first kappa shape index (κ1) is 15.1. The van der Waals surface area contributed by atoms with E-state index in [1.165, 1.54) is 7.11 Å². The number of hydrogen-bond acceptors (Lipinski definition) is 3. The largest absolute Gasteiger partial charge is 0.467 e. The zero-order chi connectivity index (χ0) is 15.7. The van der Waals surface area contributed by atoms with Gasteiger partial charge in [-0.15, -0.1) is 0 Å². The van der Waals surface area contributed by atoms with E-state index in [9.17, 15) is 9.59 Å². The van der Waals surface area contributed by atoms with Gasteiger partial charge in [0.1, 0.15) is 5.54 Å². The van der Waals surface area contributed by atoms with Crippen LogP contribution in [0.4, 0.5) is 0 Å². The highest BCUT2D eigenvalue weighted by Crippen LogP contribution is 2.45. The second-order valence-corrected chi connectivity index (χ2v) is 6.66. The minimum absolute atomic E-state index is 0.0393. The zero-order valence-electron chi connectivity index (χ0n) is 13.2. The normalized spacial score (nSPS) is 30.7. The second kappa shape index (κ2) is 5.75. The number of piperidine rings is 2. The van der Waals surface area contributed by atoms with Crippen molar-refractivity contribution in [2.45, 2.75) is 50.6 Å². The Balaban J connectivity index is 2.02. The predicted molar refractivity (Wildman–Crippen MR) is 83.4 cm³/mol. The standard InChI is InChI=1S/C18H23NO3/c1-13-11-15-9-6-10-18(12-13,17(21)22-2)19(15)16(20)14-7-4-3-5-8-14/h3-5,7-8,13,15H,6,9-12H2,1-2H3/t13-,15-,18+/m0/s1. The van der Waals surface area contributed by atoms with Gasteiger partial charge in [-0.3, -0.25) is 4.79 Å². The third kappa shape index (κ3) is 2.31. The number of hydrogen-bond donors (Lipinski definition) is 0. The van der Waals surface area contributed by atoms with Gasteiger partial charge in [0.25, 0.3) is 5.91 Å². The van der Waals surface area contributed by atoms with Crippen LogP contribution >= 0.6 is 0 Å². The minimum atomic E-state index is -0.776. The van der Waals surface area contributed by atoms with Crippen molar-refractivity contribution in [1.82, 2.24) is 4.90 Å².